The van der Waals surface area contributed by atoms with Gasteiger partial charge in [-0.1, -0.05) is 38.5 Å². The highest BCUT2D eigenvalue weighted by atomic mass is 32.2. The second-order valence-corrected chi connectivity index (χ2v) is 8.76. The topological polar surface area (TPSA) is 46.2 Å². The van der Waals surface area contributed by atoms with Gasteiger partial charge in [0.25, 0.3) is 0 Å². The molecule has 1 saturated carbocycles. The van der Waals surface area contributed by atoms with Crippen LogP contribution in [0.25, 0.3) is 0 Å². The summed E-state index contributed by atoms with van der Waals surface area (Å²) in [7, 11) is -3.40. The van der Waals surface area contributed by atoms with Gasteiger partial charge >= 0.3 is 0 Å². The van der Waals surface area contributed by atoms with Crippen LogP contribution < -0.4 is 4.72 Å². The first kappa shape index (κ1) is 15.5. The predicted molar refractivity (Wildman–Crippen MR) is 82.1 cm³/mol. The third-order valence-corrected chi connectivity index (χ3v) is 5.58. The number of aryl methyl sites for hydroxylation is 1. The summed E-state index contributed by atoms with van der Waals surface area (Å²) in [5.41, 5.74) is 1.27. The molecule has 0 aliphatic heterocycles. The Morgan fingerprint density at radius 2 is 1.75 bits per heavy atom. The fraction of sp³-hybridized carbons (Fsp3) is 0.625. The highest BCUT2D eigenvalue weighted by Gasteiger charge is 2.34. The highest BCUT2D eigenvalue weighted by Crippen LogP contribution is 2.38. The number of nitrogens with one attached hydrogen (secondary N) is 1. The van der Waals surface area contributed by atoms with E-state index in [1.54, 1.807) is 12.1 Å². The van der Waals surface area contributed by atoms with Gasteiger partial charge in [0, 0.05) is 6.04 Å². The van der Waals surface area contributed by atoms with Crippen LogP contribution in [0.4, 0.5) is 0 Å². The molecule has 1 fully saturated rings. The SMILES string of the molecule is Cc1ccc(S(=O)(=O)NC2CC(C)CC(C)(C)C2)cc1. The molecule has 0 spiro atoms. The fourth-order valence-corrected chi connectivity index (χ4v) is 4.69. The molecule has 2 rings (SSSR count). The minimum Gasteiger partial charge on any atom is -0.208 e. The van der Waals surface area contributed by atoms with Crippen LogP contribution in [-0.2, 0) is 10.0 Å². The summed E-state index contributed by atoms with van der Waals surface area (Å²) < 4.78 is 27.7. The molecule has 4 heteroatoms. The van der Waals surface area contributed by atoms with E-state index in [4.69, 9.17) is 0 Å². The zero-order valence-electron chi connectivity index (χ0n) is 12.8. The molecule has 1 aliphatic rings. The predicted octanol–water partition coefficient (Wildman–Crippen LogP) is 3.49. The lowest BCUT2D eigenvalue weighted by Gasteiger charge is -2.39. The number of sulfonamides is 1. The summed E-state index contributed by atoms with van der Waals surface area (Å²) in [6.45, 7) is 8.59. The van der Waals surface area contributed by atoms with E-state index in [9.17, 15) is 8.42 Å². The van der Waals surface area contributed by atoms with Crippen molar-refractivity contribution in [2.75, 3.05) is 0 Å². The molecule has 1 aromatic carbocycles. The van der Waals surface area contributed by atoms with E-state index in [1.165, 1.54) is 0 Å². The first-order valence-electron chi connectivity index (χ1n) is 7.27. The molecule has 0 amide bonds. The third-order valence-electron chi connectivity index (χ3n) is 4.04. The van der Waals surface area contributed by atoms with E-state index in [-0.39, 0.29) is 11.5 Å². The van der Waals surface area contributed by atoms with Crippen molar-refractivity contribution in [3.05, 3.63) is 29.8 Å². The second kappa shape index (κ2) is 5.49. The summed E-state index contributed by atoms with van der Waals surface area (Å²) in [4.78, 5) is 0.360. The summed E-state index contributed by atoms with van der Waals surface area (Å²) in [5.74, 6) is 0.560. The Bertz CT molecular complexity index is 561. The number of hydrogen-bond donors (Lipinski definition) is 1. The van der Waals surface area contributed by atoms with Gasteiger partial charge in [-0.15, -0.1) is 0 Å². The van der Waals surface area contributed by atoms with Gasteiger partial charge in [0.2, 0.25) is 10.0 Å². The third kappa shape index (κ3) is 3.83. The summed E-state index contributed by atoms with van der Waals surface area (Å²) in [6.07, 6.45) is 2.99. The van der Waals surface area contributed by atoms with Crippen LogP contribution in [0.5, 0.6) is 0 Å². The van der Waals surface area contributed by atoms with E-state index < -0.39 is 10.0 Å². The molecule has 0 saturated heterocycles. The van der Waals surface area contributed by atoms with E-state index in [0.717, 1.165) is 24.8 Å². The zero-order chi connectivity index (χ0) is 15.0. The lowest BCUT2D eigenvalue weighted by atomic mass is 9.71. The van der Waals surface area contributed by atoms with Crippen LogP contribution in [-0.4, -0.2) is 14.5 Å². The maximum atomic E-state index is 12.4. The Hall–Kier alpha value is -0.870. The molecule has 2 unspecified atom stereocenters. The maximum absolute atomic E-state index is 12.4. The average molecular weight is 295 g/mol. The van der Waals surface area contributed by atoms with Crippen molar-refractivity contribution in [3.63, 3.8) is 0 Å². The average Bonchev–Trinajstić information content (AvgIpc) is 2.25. The molecular formula is C16H25NO2S. The molecule has 20 heavy (non-hydrogen) atoms. The van der Waals surface area contributed by atoms with Gasteiger partial charge in [-0.05, 0) is 49.7 Å². The Morgan fingerprint density at radius 3 is 2.30 bits per heavy atom. The molecule has 1 aliphatic carbocycles. The van der Waals surface area contributed by atoms with Gasteiger partial charge in [-0.2, -0.15) is 0 Å². The van der Waals surface area contributed by atoms with Crippen LogP contribution in [0, 0.1) is 18.3 Å². The monoisotopic (exact) mass is 295 g/mol. The van der Waals surface area contributed by atoms with Gasteiger partial charge in [-0.25, -0.2) is 13.1 Å². The quantitative estimate of drug-likeness (QED) is 0.928. The molecular weight excluding hydrogens is 270 g/mol. The van der Waals surface area contributed by atoms with Crippen molar-refractivity contribution >= 4 is 10.0 Å². The summed E-state index contributed by atoms with van der Waals surface area (Å²) in [6, 6.07) is 7.06. The molecule has 0 aromatic heterocycles. The van der Waals surface area contributed by atoms with Gasteiger partial charge in [0.05, 0.1) is 4.90 Å². The van der Waals surface area contributed by atoms with Gasteiger partial charge < -0.3 is 0 Å². The number of benzene rings is 1. The second-order valence-electron chi connectivity index (χ2n) is 7.04. The lowest BCUT2D eigenvalue weighted by molar-refractivity contribution is 0.163. The van der Waals surface area contributed by atoms with Crippen molar-refractivity contribution in [2.24, 2.45) is 11.3 Å². The smallest absolute Gasteiger partial charge is 0.208 e. The van der Waals surface area contributed by atoms with E-state index in [2.05, 4.69) is 25.5 Å². The standard InChI is InChI=1S/C16H25NO2S/c1-12-5-7-15(8-6-12)20(18,19)17-14-9-13(2)10-16(3,4)11-14/h5-8,13-14,17H,9-11H2,1-4H3. The van der Waals surface area contributed by atoms with Gasteiger partial charge in [0.1, 0.15) is 0 Å². The van der Waals surface area contributed by atoms with Crippen molar-refractivity contribution in [3.8, 4) is 0 Å². The highest BCUT2D eigenvalue weighted by molar-refractivity contribution is 7.89. The van der Waals surface area contributed by atoms with Crippen molar-refractivity contribution < 1.29 is 8.42 Å². The minimum atomic E-state index is -3.40. The number of hydrogen-bond acceptors (Lipinski definition) is 2. The Labute approximate surface area is 122 Å². The molecule has 112 valence electrons. The van der Waals surface area contributed by atoms with Crippen LogP contribution in [0.15, 0.2) is 29.2 Å². The lowest BCUT2D eigenvalue weighted by Crippen LogP contribution is -2.42. The van der Waals surface area contributed by atoms with Crippen LogP contribution in [0.3, 0.4) is 0 Å². The Kier molecular flexibility index (Phi) is 4.26. The van der Waals surface area contributed by atoms with Crippen molar-refractivity contribution in [2.45, 2.75) is 57.9 Å². The van der Waals surface area contributed by atoms with E-state index >= 15 is 0 Å². The first-order chi connectivity index (χ1) is 9.18. The summed E-state index contributed by atoms with van der Waals surface area (Å²) in [5, 5.41) is 0. The molecule has 1 N–H and O–H groups in total. The van der Waals surface area contributed by atoms with Gasteiger partial charge in [0.15, 0.2) is 0 Å². The molecule has 1 aromatic rings. The molecule has 0 bridgehead atoms. The largest absolute Gasteiger partial charge is 0.240 e. The fourth-order valence-electron chi connectivity index (χ4n) is 3.44. The van der Waals surface area contributed by atoms with Crippen LogP contribution in [0.2, 0.25) is 0 Å². The molecule has 2 atom stereocenters. The van der Waals surface area contributed by atoms with Crippen LogP contribution in [0.1, 0.15) is 45.6 Å². The van der Waals surface area contributed by atoms with E-state index in [0.29, 0.717) is 10.8 Å². The van der Waals surface area contributed by atoms with E-state index in [1.807, 2.05) is 19.1 Å². The molecule has 0 heterocycles. The first-order valence-corrected chi connectivity index (χ1v) is 8.75. The van der Waals surface area contributed by atoms with Crippen molar-refractivity contribution in [1.82, 2.24) is 4.72 Å². The molecule has 3 nitrogen and oxygen atoms in total. The normalized spacial score (nSPS) is 26.4. The van der Waals surface area contributed by atoms with Crippen molar-refractivity contribution in [1.29, 1.82) is 0 Å². The zero-order valence-corrected chi connectivity index (χ0v) is 13.6. The Balaban J connectivity index is 2.14. The van der Waals surface area contributed by atoms with Crippen LogP contribution >= 0.6 is 0 Å². The van der Waals surface area contributed by atoms with Gasteiger partial charge in [-0.3, -0.25) is 0 Å². The minimum absolute atomic E-state index is 0.0417. The number of rotatable bonds is 3. The molecule has 0 radical (unpaired) electrons. The summed E-state index contributed by atoms with van der Waals surface area (Å²) >= 11 is 0. The Morgan fingerprint density at radius 1 is 1.15 bits per heavy atom. The maximum Gasteiger partial charge on any atom is 0.240 e.